The summed E-state index contributed by atoms with van der Waals surface area (Å²) < 4.78 is 40.8. The first-order valence-electron chi connectivity index (χ1n) is 13.1. The molecule has 0 bridgehead atoms. The molecular weight excluding hydrogens is 493 g/mol. The van der Waals surface area contributed by atoms with Crippen LogP contribution in [0.2, 0.25) is 0 Å². The summed E-state index contributed by atoms with van der Waals surface area (Å²) in [4.78, 5) is 2.17. The molecule has 0 N–H and O–H groups in total. The standard InChI is InChI=1S/C32H35BF2N2O2/c1-7-30(31-22(2)20-26(36(31)4)14-8-24-10-16-28(38-5)17-11-24)32-23(3)21-27(37(32)33(34)35)15-9-25-12-18-29(39-6)19-13-25/h8-21,26H,7H2,1-6H3/b14-8+,15-9+,31-30-. The van der Waals surface area contributed by atoms with Crippen molar-refractivity contribution in [2.75, 3.05) is 21.3 Å². The number of nitrogens with zero attached hydrogens (tertiary/aromatic N) is 2. The second-order valence-corrected chi connectivity index (χ2v) is 9.62. The maximum Gasteiger partial charge on any atom is 0.678 e. The van der Waals surface area contributed by atoms with E-state index in [2.05, 4.69) is 30.1 Å². The Morgan fingerprint density at radius 2 is 1.46 bits per heavy atom. The number of benzene rings is 2. The van der Waals surface area contributed by atoms with Crippen molar-refractivity contribution in [2.24, 2.45) is 0 Å². The zero-order valence-corrected chi connectivity index (χ0v) is 23.4. The largest absolute Gasteiger partial charge is 0.678 e. The highest BCUT2D eigenvalue weighted by Gasteiger charge is 2.31. The monoisotopic (exact) mass is 528 g/mol. The van der Waals surface area contributed by atoms with Gasteiger partial charge in [0.25, 0.3) is 0 Å². The number of likely N-dealkylation sites (N-methyl/N-ethyl adjacent to an activating group) is 1. The first kappa shape index (κ1) is 28.0. The molecule has 4 rings (SSSR count). The SMILES string of the molecule is CC/C(=C1\C(C)=CC(/C=C/c2ccc(OC)cc2)N1C)c1c(C)cc(/C=C/c2ccc(OC)cc2)n1B(F)F. The number of aromatic nitrogens is 1. The fourth-order valence-electron chi connectivity index (χ4n) is 5.18. The van der Waals surface area contributed by atoms with E-state index in [9.17, 15) is 8.63 Å². The van der Waals surface area contributed by atoms with Crippen LogP contribution in [-0.2, 0) is 0 Å². The molecule has 7 heteroatoms. The molecule has 0 radical (unpaired) electrons. The van der Waals surface area contributed by atoms with Crippen molar-refractivity contribution in [1.29, 1.82) is 0 Å². The fraction of sp³-hybridized carbons (Fsp3) is 0.250. The van der Waals surface area contributed by atoms with Gasteiger partial charge in [0.05, 0.1) is 20.3 Å². The molecule has 2 heterocycles. The van der Waals surface area contributed by atoms with Gasteiger partial charge >= 0.3 is 7.40 Å². The van der Waals surface area contributed by atoms with Gasteiger partial charge in [0.2, 0.25) is 0 Å². The Balaban J connectivity index is 1.69. The van der Waals surface area contributed by atoms with Crippen molar-refractivity contribution in [3.05, 3.63) is 106 Å². The summed E-state index contributed by atoms with van der Waals surface area (Å²) in [5, 5.41) is 0. The van der Waals surface area contributed by atoms with E-state index >= 15 is 0 Å². The Hall–Kier alpha value is -4.00. The van der Waals surface area contributed by atoms with Crippen LogP contribution in [-0.4, -0.2) is 44.1 Å². The van der Waals surface area contributed by atoms with E-state index < -0.39 is 7.40 Å². The molecular formula is C32H35BF2N2O2. The van der Waals surface area contributed by atoms with Gasteiger partial charge < -0.3 is 18.9 Å². The summed E-state index contributed by atoms with van der Waals surface area (Å²) in [7, 11) is 2.62. The second kappa shape index (κ2) is 12.2. The quantitative estimate of drug-likeness (QED) is 0.265. The van der Waals surface area contributed by atoms with E-state index in [1.165, 1.54) is 0 Å². The Morgan fingerprint density at radius 1 is 0.897 bits per heavy atom. The lowest BCUT2D eigenvalue weighted by molar-refractivity contribution is 0.414. The molecule has 1 unspecified atom stereocenters. The van der Waals surface area contributed by atoms with E-state index in [0.717, 1.165) is 49.5 Å². The zero-order chi connectivity index (χ0) is 28.1. The molecule has 1 atom stereocenters. The first-order chi connectivity index (χ1) is 18.8. The van der Waals surface area contributed by atoms with Crippen LogP contribution in [0.15, 0.2) is 78.0 Å². The van der Waals surface area contributed by atoms with Crippen LogP contribution in [0.25, 0.3) is 23.8 Å². The van der Waals surface area contributed by atoms with Gasteiger partial charge in [-0.25, -0.2) is 0 Å². The minimum atomic E-state index is -2.67. The van der Waals surface area contributed by atoms with Gasteiger partial charge in [-0.1, -0.05) is 55.5 Å². The van der Waals surface area contributed by atoms with Gasteiger partial charge in [-0.05, 0) is 84.5 Å². The molecule has 0 aliphatic carbocycles. The molecule has 3 aromatic rings. The minimum absolute atomic E-state index is 0.0216. The Bertz CT molecular complexity index is 1420. The molecule has 39 heavy (non-hydrogen) atoms. The number of halogens is 2. The predicted molar refractivity (Wildman–Crippen MR) is 159 cm³/mol. The van der Waals surface area contributed by atoms with Crippen LogP contribution in [0, 0.1) is 6.92 Å². The lowest BCUT2D eigenvalue weighted by Gasteiger charge is -2.25. The summed E-state index contributed by atoms with van der Waals surface area (Å²) >= 11 is 0. The summed E-state index contributed by atoms with van der Waals surface area (Å²) in [5.74, 6) is 1.57. The van der Waals surface area contributed by atoms with Gasteiger partial charge in [-0.2, -0.15) is 0 Å². The molecule has 2 aromatic carbocycles. The highest BCUT2D eigenvalue weighted by molar-refractivity contribution is 6.42. The molecule has 1 aromatic heterocycles. The summed E-state index contributed by atoms with van der Waals surface area (Å²) in [5.41, 5.74) is 6.84. The second-order valence-electron chi connectivity index (χ2n) is 9.62. The number of rotatable bonds is 9. The van der Waals surface area contributed by atoms with Crippen LogP contribution in [0.3, 0.4) is 0 Å². The van der Waals surface area contributed by atoms with Crippen LogP contribution < -0.4 is 9.47 Å². The molecule has 1 aliphatic heterocycles. The average molecular weight is 528 g/mol. The van der Waals surface area contributed by atoms with E-state index in [1.807, 2.05) is 81.6 Å². The van der Waals surface area contributed by atoms with Gasteiger partial charge in [-0.3, -0.25) is 8.63 Å². The summed E-state index contributed by atoms with van der Waals surface area (Å²) in [6.45, 7) is 5.99. The normalized spacial score (nSPS) is 16.8. The van der Waals surface area contributed by atoms with Crippen molar-refractivity contribution in [3.8, 4) is 11.5 Å². The number of aryl methyl sites for hydroxylation is 1. The Labute approximate surface area is 230 Å². The third-order valence-electron chi connectivity index (χ3n) is 7.14. The van der Waals surface area contributed by atoms with Gasteiger partial charge in [0.1, 0.15) is 11.5 Å². The number of hydrogen-bond donors (Lipinski definition) is 0. The Kier molecular flexibility index (Phi) is 8.80. The van der Waals surface area contributed by atoms with E-state index in [-0.39, 0.29) is 6.04 Å². The lowest BCUT2D eigenvalue weighted by Crippen LogP contribution is -2.25. The van der Waals surface area contributed by atoms with E-state index in [4.69, 9.17) is 9.47 Å². The van der Waals surface area contributed by atoms with E-state index in [0.29, 0.717) is 17.8 Å². The first-order valence-corrected chi connectivity index (χ1v) is 13.1. The van der Waals surface area contributed by atoms with Crippen molar-refractivity contribution < 1.29 is 18.1 Å². The van der Waals surface area contributed by atoms with Crippen molar-refractivity contribution in [1.82, 2.24) is 9.38 Å². The highest BCUT2D eigenvalue weighted by Crippen LogP contribution is 2.38. The summed E-state index contributed by atoms with van der Waals surface area (Å²) in [6, 6.07) is 17.3. The highest BCUT2D eigenvalue weighted by atomic mass is 19.2. The third kappa shape index (κ3) is 6.03. The molecule has 4 nitrogen and oxygen atoms in total. The van der Waals surface area contributed by atoms with E-state index in [1.54, 1.807) is 20.3 Å². The molecule has 0 saturated heterocycles. The molecule has 202 valence electrons. The Morgan fingerprint density at radius 3 is 1.97 bits per heavy atom. The van der Waals surface area contributed by atoms with Crippen molar-refractivity contribution in [2.45, 2.75) is 33.2 Å². The summed E-state index contributed by atoms with van der Waals surface area (Å²) in [6.07, 6.45) is 10.6. The number of methoxy groups -OCH3 is 2. The minimum Gasteiger partial charge on any atom is -0.497 e. The number of ether oxygens (including phenoxy) is 2. The molecule has 0 spiro atoms. The van der Waals surface area contributed by atoms with Crippen LogP contribution >= 0.6 is 0 Å². The third-order valence-corrected chi connectivity index (χ3v) is 7.14. The maximum absolute atomic E-state index is 14.6. The van der Waals surface area contributed by atoms with Crippen molar-refractivity contribution in [3.63, 3.8) is 0 Å². The number of hydrogen-bond acceptors (Lipinski definition) is 3. The van der Waals surface area contributed by atoms with Gasteiger partial charge in [0.15, 0.2) is 0 Å². The van der Waals surface area contributed by atoms with Gasteiger partial charge in [0, 0.05) is 24.1 Å². The zero-order valence-electron chi connectivity index (χ0n) is 23.4. The molecule has 0 fully saturated rings. The average Bonchev–Trinajstić information content (AvgIpc) is 3.42. The fourth-order valence-corrected chi connectivity index (χ4v) is 5.18. The molecule has 0 saturated carbocycles. The predicted octanol–water partition coefficient (Wildman–Crippen LogP) is 7.85. The van der Waals surface area contributed by atoms with Crippen molar-refractivity contribution >= 4 is 31.2 Å². The maximum atomic E-state index is 14.6. The van der Waals surface area contributed by atoms with Crippen LogP contribution in [0.5, 0.6) is 11.5 Å². The van der Waals surface area contributed by atoms with Gasteiger partial charge in [-0.15, -0.1) is 0 Å². The molecule has 1 aliphatic rings. The lowest BCUT2D eigenvalue weighted by atomic mass is 9.99. The topological polar surface area (TPSA) is 26.6 Å². The van der Waals surface area contributed by atoms with Crippen LogP contribution in [0.1, 0.15) is 48.3 Å². The smallest absolute Gasteiger partial charge is 0.497 e. The molecule has 0 amide bonds. The number of allylic oxidation sites excluding steroid dienone is 2. The van der Waals surface area contributed by atoms with Crippen LogP contribution in [0.4, 0.5) is 8.63 Å².